The Kier molecular flexibility index (Phi) is 5.34. The fourth-order valence-electron chi connectivity index (χ4n) is 3.99. The van der Waals surface area contributed by atoms with Crippen molar-refractivity contribution in [1.29, 1.82) is 0 Å². The normalized spacial score (nSPS) is 25.5. The van der Waals surface area contributed by atoms with Crippen molar-refractivity contribution in [3.05, 3.63) is 34.9 Å². The summed E-state index contributed by atoms with van der Waals surface area (Å²) >= 11 is 0. The zero-order chi connectivity index (χ0) is 16.2. The van der Waals surface area contributed by atoms with Gasteiger partial charge >= 0.3 is 5.97 Å². The molecule has 23 heavy (non-hydrogen) atoms. The Morgan fingerprint density at radius 3 is 2.65 bits per heavy atom. The van der Waals surface area contributed by atoms with Gasteiger partial charge in [-0.2, -0.15) is 0 Å². The first-order valence-electron chi connectivity index (χ1n) is 8.70. The summed E-state index contributed by atoms with van der Waals surface area (Å²) in [4.78, 5) is 11.6. The summed E-state index contributed by atoms with van der Waals surface area (Å²) in [5, 5.41) is 3.82. The molecule has 1 N–H and O–H groups in total. The van der Waals surface area contributed by atoms with Crippen LogP contribution in [0, 0.1) is 6.92 Å². The van der Waals surface area contributed by atoms with Gasteiger partial charge in [-0.1, -0.05) is 6.07 Å². The van der Waals surface area contributed by atoms with Crippen LogP contribution >= 0.6 is 0 Å². The number of rotatable bonds is 4. The number of ether oxygens (including phenoxy) is 2. The van der Waals surface area contributed by atoms with Crippen LogP contribution in [0.4, 0.5) is 0 Å². The van der Waals surface area contributed by atoms with Crippen LogP contribution in [0.15, 0.2) is 18.2 Å². The van der Waals surface area contributed by atoms with Crippen molar-refractivity contribution in [2.45, 2.75) is 57.0 Å². The van der Waals surface area contributed by atoms with Crippen LogP contribution in [0.2, 0.25) is 0 Å². The van der Waals surface area contributed by atoms with Gasteiger partial charge in [0.05, 0.1) is 12.7 Å². The second kappa shape index (κ2) is 7.45. The van der Waals surface area contributed by atoms with Gasteiger partial charge in [-0.05, 0) is 68.2 Å². The Labute approximate surface area is 138 Å². The predicted octanol–water partition coefficient (Wildman–Crippen LogP) is 3.19. The van der Waals surface area contributed by atoms with Gasteiger partial charge in [0.1, 0.15) is 0 Å². The Morgan fingerprint density at radius 1 is 1.17 bits per heavy atom. The van der Waals surface area contributed by atoms with E-state index < -0.39 is 0 Å². The molecular formula is C19H27NO3. The first-order valence-corrected chi connectivity index (χ1v) is 8.70. The molecule has 0 amide bonds. The topological polar surface area (TPSA) is 47.6 Å². The largest absolute Gasteiger partial charge is 0.465 e. The average Bonchev–Trinajstić information content (AvgIpc) is 3.03. The predicted molar refractivity (Wildman–Crippen MR) is 89.9 cm³/mol. The highest BCUT2D eigenvalue weighted by atomic mass is 16.5. The van der Waals surface area contributed by atoms with Gasteiger partial charge in [0.2, 0.25) is 0 Å². The van der Waals surface area contributed by atoms with Crippen LogP contribution in [-0.2, 0) is 9.47 Å². The van der Waals surface area contributed by atoms with E-state index in [9.17, 15) is 4.79 Å². The maximum absolute atomic E-state index is 11.6. The minimum absolute atomic E-state index is 0.259. The van der Waals surface area contributed by atoms with E-state index in [1.54, 1.807) is 0 Å². The average molecular weight is 317 g/mol. The number of nitrogens with one attached hydrogen (secondary N) is 1. The molecule has 0 bridgehead atoms. The van der Waals surface area contributed by atoms with E-state index in [4.69, 9.17) is 9.47 Å². The van der Waals surface area contributed by atoms with Crippen LogP contribution in [-0.4, -0.2) is 38.4 Å². The number of benzene rings is 1. The molecule has 1 aromatic rings. The molecule has 2 aliphatic rings. The van der Waals surface area contributed by atoms with E-state index in [-0.39, 0.29) is 5.97 Å². The lowest BCUT2D eigenvalue weighted by Gasteiger charge is -2.26. The summed E-state index contributed by atoms with van der Waals surface area (Å²) in [6.07, 6.45) is 5.91. The highest BCUT2D eigenvalue weighted by molar-refractivity contribution is 5.89. The molecule has 2 atom stereocenters. The van der Waals surface area contributed by atoms with Gasteiger partial charge in [0.15, 0.2) is 0 Å². The van der Waals surface area contributed by atoms with E-state index in [1.165, 1.54) is 37.5 Å². The molecule has 2 unspecified atom stereocenters. The van der Waals surface area contributed by atoms with Crippen LogP contribution in [0.3, 0.4) is 0 Å². The third-order valence-corrected chi connectivity index (χ3v) is 5.26. The third-order valence-electron chi connectivity index (χ3n) is 5.26. The minimum Gasteiger partial charge on any atom is -0.465 e. The minimum atomic E-state index is -0.259. The molecule has 1 aliphatic heterocycles. The Balaban J connectivity index is 1.61. The second-order valence-corrected chi connectivity index (χ2v) is 6.82. The molecule has 1 saturated heterocycles. The summed E-state index contributed by atoms with van der Waals surface area (Å²) < 4.78 is 10.2. The molecule has 1 aromatic carbocycles. The highest BCUT2D eigenvalue weighted by Crippen LogP contribution is 2.36. The van der Waals surface area contributed by atoms with Crippen LogP contribution in [0.5, 0.6) is 0 Å². The fourth-order valence-corrected chi connectivity index (χ4v) is 3.99. The van der Waals surface area contributed by atoms with Crippen LogP contribution in [0.25, 0.3) is 0 Å². The first kappa shape index (κ1) is 16.5. The number of hydrogen-bond acceptors (Lipinski definition) is 4. The molecule has 4 heteroatoms. The quantitative estimate of drug-likeness (QED) is 0.867. The van der Waals surface area contributed by atoms with Gasteiger partial charge in [-0.25, -0.2) is 4.79 Å². The molecule has 0 radical (unpaired) electrons. The Morgan fingerprint density at radius 2 is 1.96 bits per heavy atom. The molecule has 4 nitrogen and oxygen atoms in total. The number of carbonyl (C=O) groups excluding carboxylic acids is 1. The SMILES string of the molecule is COC(=O)c1ccc(C2CCC(NC3CCOCC3)C2)c(C)c1. The van der Waals surface area contributed by atoms with E-state index in [2.05, 4.69) is 18.3 Å². The summed E-state index contributed by atoms with van der Waals surface area (Å²) in [7, 11) is 1.43. The van der Waals surface area contributed by atoms with Crippen molar-refractivity contribution < 1.29 is 14.3 Å². The number of aryl methyl sites for hydroxylation is 1. The van der Waals surface area contributed by atoms with Crippen molar-refractivity contribution in [2.24, 2.45) is 0 Å². The number of esters is 1. The van der Waals surface area contributed by atoms with Crippen molar-refractivity contribution in [3.8, 4) is 0 Å². The van der Waals surface area contributed by atoms with E-state index in [1.807, 2.05) is 12.1 Å². The molecule has 1 aliphatic carbocycles. The Bertz CT molecular complexity index is 552. The number of carbonyl (C=O) groups is 1. The molecule has 3 rings (SSSR count). The molecular weight excluding hydrogens is 290 g/mol. The van der Waals surface area contributed by atoms with Gasteiger partial charge in [0, 0.05) is 25.3 Å². The monoisotopic (exact) mass is 317 g/mol. The molecule has 0 aromatic heterocycles. The molecule has 1 heterocycles. The maximum Gasteiger partial charge on any atom is 0.337 e. The molecule has 2 fully saturated rings. The maximum atomic E-state index is 11.6. The van der Waals surface area contributed by atoms with E-state index >= 15 is 0 Å². The second-order valence-electron chi connectivity index (χ2n) is 6.82. The van der Waals surface area contributed by atoms with E-state index in [0.29, 0.717) is 23.6 Å². The van der Waals surface area contributed by atoms with Gasteiger partial charge in [-0.3, -0.25) is 0 Å². The summed E-state index contributed by atoms with van der Waals surface area (Å²) in [5.74, 6) is 0.337. The van der Waals surface area contributed by atoms with Gasteiger partial charge in [-0.15, -0.1) is 0 Å². The summed E-state index contributed by atoms with van der Waals surface area (Å²) in [6.45, 7) is 3.88. The molecule has 1 saturated carbocycles. The van der Waals surface area contributed by atoms with Crippen molar-refractivity contribution in [1.82, 2.24) is 5.32 Å². The van der Waals surface area contributed by atoms with Crippen molar-refractivity contribution >= 4 is 5.97 Å². The smallest absolute Gasteiger partial charge is 0.337 e. The summed E-state index contributed by atoms with van der Waals surface area (Å²) in [5.41, 5.74) is 3.22. The lowest BCUT2D eigenvalue weighted by molar-refractivity contribution is 0.0600. The molecule has 126 valence electrons. The Hall–Kier alpha value is -1.39. The van der Waals surface area contributed by atoms with Crippen LogP contribution < -0.4 is 5.32 Å². The fraction of sp³-hybridized carbons (Fsp3) is 0.632. The number of methoxy groups -OCH3 is 1. The zero-order valence-electron chi connectivity index (χ0n) is 14.1. The van der Waals surface area contributed by atoms with Crippen LogP contribution in [0.1, 0.15) is 59.5 Å². The summed E-state index contributed by atoms with van der Waals surface area (Å²) in [6, 6.07) is 7.20. The highest BCUT2D eigenvalue weighted by Gasteiger charge is 2.29. The third kappa shape index (κ3) is 3.93. The van der Waals surface area contributed by atoms with Gasteiger partial charge < -0.3 is 14.8 Å². The molecule has 0 spiro atoms. The zero-order valence-corrected chi connectivity index (χ0v) is 14.1. The standard InChI is InChI=1S/C19H27NO3/c1-13-11-15(19(21)22-2)4-6-18(13)14-3-5-17(12-14)20-16-7-9-23-10-8-16/h4,6,11,14,16-17,20H,3,5,7-10,12H2,1-2H3. The lowest BCUT2D eigenvalue weighted by atomic mass is 9.92. The van der Waals surface area contributed by atoms with Gasteiger partial charge in [0.25, 0.3) is 0 Å². The van der Waals surface area contributed by atoms with Crippen molar-refractivity contribution in [3.63, 3.8) is 0 Å². The van der Waals surface area contributed by atoms with E-state index in [0.717, 1.165) is 26.1 Å². The first-order chi connectivity index (χ1) is 11.2. The van der Waals surface area contributed by atoms with Crippen molar-refractivity contribution in [2.75, 3.05) is 20.3 Å². The number of hydrogen-bond donors (Lipinski definition) is 1. The lowest BCUT2D eigenvalue weighted by Crippen LogP contribution is -2.40.